The van der Waals surface area contributed by atoms with Crippen molar-refractivity contribution < 1.29 is 0 Å². The van der Waals surface area contributed by atoms with Gasteiger partial charge in [0, 0.05) is 13.1 Å². The van der Waals surface area contributed by atoms with Crippen LogP contribution in [0.2, 0.25) is 0 Å². The lowest BCUT2D eigenvalue weighted by atomic mass is 10.00. The first kappa shape index (κ1) is 11.2. The van der Waals surface area contributed by atoms with E-state index in [4.69, 9.17) is 0 Å². The third-order valence-electron chi connectivity index (χ3n) is 3.18. The number of aliphatic imine (C=N–C) groups is 1. The van der Waals surface area contributed by atoms with E-state index in [1.54, 1.807) is 0 Å². The Morgan fingerprint density at radius 1 is 1.25 bits per heavy atom. The lowest BCUT2D eigenvalue weighted by Crippen LogP contribution is -2.31. The average molecular weight is 216 g/mol. The Morgan fingerprint density at radius 3 is 2.62 bits per heavy atom. The highest BCUT2D eigenvalue weighted by molar-refractivity contribution is 5.55. The molecule has 86 valence electrons. The average Bonchev–Trinajstić information content (AvgIpc) is 2.33. The van der Waals surface area contributed by atoms with Crippen LogP contribution in [0.3, 0.4) is 0 Å². The first-order valence-electron chi connectivity index (χ1n) is 6.12. The molecule has 0 unspecified atom stereocenters. The highest BCUT2D eigenvalue weighted by Gasteiger charge is 2.12. The summed E-state index contributed by atoms with van der Waals surface area (Å²) >= 11 is 0. The van der Waals surface area contributed by atoms with Crippen LogP contribution in [0.4, 0.5) is 0 Å². The van der Waals surface area contributed by atoms with Crippen LogP contribution in [0.25, 0.3) is 0 Å². The summed E-state index contributed by atoms with van der Waals surface area (Å²) in [7, 11) is 0. The minimum absolute atomic E-state index is 0.799. The van der Waals surface area contributed by atoms with Crippen molar-refractivity contribution in [1.29, 1.82) is 0 Å². The van der Waals surface area contributed by atoms with Gasteiger partial charge in [0.25, 0.3) is 0 Å². The SMILES string of the molecule is CC1CCN(C=NCc2ccccc2)CC1. The molecule has 0 aliphatic carbocycles. The van der Waals surface area contributed by atoms with Gasteiger partial charge in [0.1, 0.15) is 0 Å². The normalized spacial score (nSPS) is 18.2. The molecule has 0 radical (unpaired) electrons. The van der Waals surface area contributed by atoms with Crippen LogP contribution in [0.15, 0.2) is 35.3 Å². The van der Waals surface area contributed by atoms with Crippen molar-refractivity contribution in [1.82, 2.24) is 4.90 Å². The Labute approximate surface area is 98.0 Å². The Bertz CT molecular complexity index is 324. The van der Waals surface area contributed by atoms with E-state index < -0.39 is 0 Å². The van der Waals surface area contributed by atoms with Crippen molar-refractivity contribution in [3.05, 3.63) is 35.9 Å². The van der Waals surface area contributed by atoms with Gasteiger partial charge in [-0.2, -0.15) is 0 Å². The van der Waals surface area contributed by atoms with Gasteiger partial charge in [-0.05, 0) is 24.3 Å². The van der Waals surface area contributed by atoms with Gasteiger partial charge < -0.3 is 4.90 Å². The first-order valence-corrected chi connectivity index (χ1v) is 6.12. The van der Waals surface area contributed by atoms with Crippen LogP contribution in [-0.2, 0) is 6.54 Å². The van der Waals surface area contributed by atoms with E-state index in [1.807, 2.05) is 12.4 Å². The fourth-order valence-corrected chi connectivity index (χ4v) is 1.99. The van der Waals surface area contributed by atoms with Crippen molar-refractivity contribution in [3.8, 4) is 0 Å². The summed E-state index contributed by atoms with van der Waals surface area (Å²) in [4.78, 5) is 6.83. The van der Waals surface area contributed by atoms with Gasteiger partial charge in [0.2, 0.25) is 0 Å². The molecule has 0 saturated carbocycles. The number of nitrogens with zero attached hydrogens (tertiary/aromatic N) is 2. The van der Waals surface area contributed by atoms with Crippen molar-refractivity contribution in [3.63, 3.8) is 0 Å². The Balaban J connectivity index is 1.77. The predicted octanol–water partition coefficient (Wildman–Crippen LogP) is 2.95. The third-order valence-corrected chi connectivity index (χ3v) is 3.18. The number of likely N-dealkylation sites (tertiary alicyclic amines) is 1. The van der Waals surface area contributed by atoms with Crippen molar-refractivity contribution in [2.75, 3.05) is 13.1 Å². The molecule has 1 fully saturated rings. The topological polar surface area (TPSA) is 15.6 Å². The fourth-order valence-electron chi connectivity index (χ4n) is 1.99. The minimum atomic E-state index is 0.799. The first-order chi connectivity index (χ1) is 7.84. The maximum atomic E-state index is 4.49. The third kappa shape index (κ3) is 3.37. The smallest absolute Gasteiger partial charge is 0.0853 e. The molecule has 1 saturated heterocycles. The lowest BCUT2D eigenvalue weighted by molar-refractivity contribution is 0.286. The van der Waals surface area contributed by atoms with Crippen LogP contribution in [0.5, 0.6) is 0 Å². The number of benzene rings is 1. The van der Waals surface area contributed by atoms with E-state index in [1.165, 1.54) is 31.5 Å². The fraction of sp³-hybridized carbons (Fsp3) is 0.500. The van der Waals surface area contributed by atoms with Crippen molar-refractivity contribution in [2.45, 2.75) is 26.3 Å². The van der Waals surface area contributed by atoms with Gasteiger partial charge in [-0.25, -0.2) is 0 Å². The molecule has 1 aromatic carbocycles. The van der Waals surface area contributed by atoms with E-state index >= 15 is 0 Å². The summed E-state index contributed by atoms with van der Waals surface area (Å²) < 4.78 is 0. The highest BCUT2D eigenvalue weighted by Crippen LogP contribution is 2.14. The van der Waals surface area contributed by atoms with Gasteiger partial charge in [0.15, 0.2) is 0 Å². The summed E-state index contributed by atoms with van der Waals surface area (Å²) in [5.74, 6) is 0.888. The van der Waals surface area contributed by atoms with Gasteiger partial charge in [-0.3, -0.25) is 4.99 Å². The van der Waals surface area contributed by atoms with Crippen molar-refractivity contribution >= 4 is 6.34 Å². The van der Waals surface area contributed by atoms with E-state index in [0.29, 0.717) is 0 Å². The molecule has 1 aliphatic heterocycles. The number of piperidine rings is 1. The molecule has 16 heavy (non-hydrogen) atoms. The molecular weight excluding hydrogens is 196 g/mol. The standard InChI is InChI=1S/C14H20N2/c1-13-7-9-16(10-8-13)12-15-11-14-5-3-2-4-6-14/h2-6,12-13H,7-11H2,1H3. The van der Waals surface area contributed by atoms with Crippen LogP contribution in [0, 0.1) is 5.92 Å². The zero-order valence-corrected chi connectivity index (χ0v) is 9.97. The van der Waals surface area contributed by atoms with Gasteiger partial charge in [-0.1, -0.05) is 37.3 Å². The predicted molar refractivity (Wildman–Crippen MR) is 68.6 cm³/mol. The molecule has 1 heterocycles. The van der Waals surface area contributed by atoms with E-state index in [2.05, 4.69) is 41.1 Å². The van der Waals surface area contributed by atoms with Crippen LogP contribution >= 0.6 is 0 Å². The molecule has 0 amide bonds. The zero-order valence-electron chi connectivity index (χ0n) is 9.97. The number of hydrogen-bond donors (Lipinski definition) is 0. The van der Waals surface area contributed by atoms with E-state index in [9.17, 15) is 0 Å². The largest absolute Gasteiger partial charge is 0.363 e. The summed E-state index contributed by atoms with van der Waals surface area (Å²) in [5, 5.41) is 0. The van der Waals surface area contributed by atoms with Crippen LogP contribution < -0.4 is 0 Å². The zero-order chi connectivity index (χ0) is 11.2. The van der Waals surface area contributed by atoms with Crippen LogP contribution in [-0.4, -0.2) is 24.3 Å². The van der Waals surface area contributed by atoms with E-state index in [0.717, 1.165) is 12.5 Å². The van der Waals surface area contributed by atoms with Crippen LogP contribution in [0.1, 0.15) is 25.3 Å². The molecule has 2 heteroatoms. The molecule has 2 nitrogen and oxygen atoms in total. The van der Waals surface area contributed by atoms with Crippen molar-refractivity contribution in [2.24, 2.45) is 10.9 Å². The minimum Gasteiger partial charge on any atom is -0.363 e. The molecule has 0 bridgehead atoms. The summed E-state index contributed by atoms with van der Waals surface area (Å²) in [6, 6.07) is 10.4. The maximum absolute atomic E-state index is 4.49. The van der Waals surface area contributed by atoms with Gasteiger partial charge >= 0.3 is 0 Å². The summed E-state index contributed by atoms with van der Waals surface area (Å²) in [6.45, 7) is 5.46. The molecular formula is C14H20N2. The second-order valence-corrected chi connectivity index (χ2v) is 4.66. The molecule has 1 aliphatic rings. The van der Waals surface area contributed by atoms with E-state index in [-0.39, 0.29) is 0 Å². The molecule has 0 spiro atoms. The van der Waals surface area contributed by atoms with Gasteiger partial charge in [0.05, 0.1) is 12.9 Å². The summed E-state index contributed by atoms with van der Waals surface area (Å²) in [6.07, 6.45) is 4.63. The Kier molecular flexibility index (Phi) is 3.97. The maximum Gasteiger partial charge on any atom is 0.0853 e. The van der Waals surface area contributed by atoms with Gasteiger partial charge in [-0.15, -0.1) is 0 Å². The monoisotopic (exact) mass is 216 g/mol. The Morgan fingerprint density at radius 2 is 1.94 bits per heavy atom. The highest BCUT2D eigenvalue weighted by atomic mass is 15.1. The molecule has 0 aromatic heterocycles. The molecule has 1 aromatic rings. The number of hydrogen-bond acceptors (Lipinski definition) is 1. The molecule has 0 N–H and O–H groups in total. The lowest BCUT2D eigenvalue weighted by Gasteiger charge is -2.28. The Hall–Kier alpha value is -1.31. The second-order valence-electron chi connectivity index (χ2n) is 4.66. The number of rotatable bonds is 3. The quantitative estimate of drug-likeness (QED) is 0.560. The molecule has 0 atom stereocenters. The summed E-state index contributed by atoms with van der Waals surface area (Å²) in [5.41, 5.74) is 1.28. The second kappa shape index (κ2) is 5.69. The molecule has 2 rings (SSSR count).